The number of nitrogens with zero attached hydrogens (tertiary/aromatic N) is 3. The van der Waals surface area contributed by atoms with Gasteiger partial charge in [0.1, 0.15) is 11.5 Å². The molecule has 0 aromatic heterocycles. The molecule has 160 valence electrons. The molecule has 1 aromatic carbocycles. The molecule has 1 fully saturated rings. The van der Waals surface area contributed by atoms with E-state index in [1.807, 2.05) is 18.2 Å². The first-order valence-electron chi connectivity index (χ1n) is 10.7. The highest BCUT2D eigenvalue weighted by atomic mass is 19.1. The summed E-state index contributed by atoms with van der Waals surface area (Å²) in [6.07, 6.45) is 2.91. The maximum absolute atomic E-state index is 14.5. The van der Waals surface area contributed by atoms with E-state index in [0.29, 0.717) is 28.9 Å². The third kappa shape index (κ3) is 3.06. The van der Waals surface area contributed by atoms with Crippen LogP contribution in [0.1, 0.15) is 63.6 Å². The first-order chi connectivity index (χ1) is 14.0. The number of benzene rings is 1. The SMILES string of the molecule is CO[C@H]1[C@H](C)C[C@@]2(Cc3ccc(C#N)cc3[C@]23N=C(N)C(CC(C)(C)F)=N3)C[C@@H]1C. The van der Waals surface area contributed by atoms with Gasteiger partial charge in [0.25, 0.3) is 0 Å². The molecule has 5 nitrogen and oxygen atoms in total. The lowest BCUT2D eigenvalue weighted by Crippen LogP contribution is -2.49. The number of methoxy groups -OCH3 is 1. The molecule has 4 rings (SSSR count). The van der Waals surface area contributed by atoms with Crippen LogP contribution in [-0.4, -0.2) is 30.4 Å². The van der Waals surface area contributed by atoms with Crippen molar-refractivity contribution in [3.8, 4) is 6.07 Å². The van der Waals surface area contributed by atoms with Gasteiger partial charge >= 0.3 is 0 Å². The molecule has 3 aliphatic rings. The quantitative estimate of drug-likeness (QED) is 0.807. The number of alkyl halides is 1. The van der Waals surface area contributed by atoms with Crippen LogP contribution in [0.5, 0.6) is 0 Å². The fourth-order valence-corrected chi connectivity index (χ4v) is 6.30. The lowest BCUT2D eigenvalue weighted by atomic mass is 9.59. The maximum Gasteiger partial charge on any atom is 0.184 e. The number of rotatable bonds is 3. The van der Waals surface area contributed by atoms with E-state index in [0.717, 1.165) is 30.4 Å². The van der Waals surface area contributed by atoms with E-state index in [1.165, 1.54) is 13.8 Å². The van der Waals surface area contributed by atoms with E-state index in [-0.39, 0.29) is 17.9 Å². The molecule has 1 aromatic rings. The summed E-state index contributed by atoms with van der Waals surface area (Å²) in [4.78, 5) is 10.1. The Bertz CT molecular complexity index is 958. The number of halogens is 1. The normalized spacial score (nSPS) is 35.3. The number of amidine groups is 1. The standard InChI is InChI=1S/C24H31FN4O/c1-14-9-23(10-15(2)20(14)30-5)11-17-7-6-16(13-26)8-18(17)24(23)28-19(21(27)29-24)12-22(3,4)25/h6-8,14-15,20H,9-12H2,1-5H3,(H2,27,29)/t14-,15+,20+,23+,24-/m0/s1. The molecule has 2 spiro atoms. The van der Waals surface area contributed by atoms with Crippen molar-refractivity contribution < 1.29 is 9.13 Å². The molecule has 0 unspecified atom stereocenters. The molecule has 1 heterocycles. The minimum absolute atomic E-state index is 0.124. The van der Waals surface area contributed by atoms with Gasteiger partial charge in [-0.25, -0.2) is 9.38 Å². The number of nitrogens with two attached hydrogens (primary N) is 1. The number of fused-ring (bicyclic) bond motifs is 3. The third-order valence-electron chi connectivity index (χ3n) is 7.16. The minimum atomic E-state index is -1.43. The molecular formula is C24H31FN4O. The predicted octanol–water partition coefficient (Wildman–Crippen LogP) is 4.28. The Labute approximate surface area is 178 Å². The molecule has 5 atom stereocenters. The monoisotopic (exact) mass is 410 g/mol. The summed E-state index contributed by atoms with van der Waals surface area (Å²) in [5, 5.41) is 9.50. The summed E-state index contributed by atoms with van der Waals surface area (Å²) in [6, 6.07) is 8.03. The number of ether oxygens (including phenoxy) is 1. The van der Waals surface area contributed by atoms with Crippen LogP contribution >= 0.6 is 0 Å². The fraction of sp³-hybridized carbons (Fsp3) is 0.625. The van der Waals surface area contributed by atoms with Gasteiger partial charge in [-0.05, 0) is 62.6 Å². The van der Waals surface area contributed by atoms with Gasteiger partial charge in [-0.1, -0.05) is 19.9 Å². The Morgan fingerprint density at radius 2 is 1.93 bits per heavy atom. The Balaban J connectivity index is 1.90. The van der Waals surface area contributed by atoms with Gasteiger partial charge in [-0.15, -0.1) is 0 Å². The molecule has 30 heavy (non-hydrogen) atoms. The van der Waals surface area contributed by atoms with Crippen molar-refractivity contribution >= 4 is 11.5 Å². The van der Waals surface area contributed by atoms with Crippen LogP contribution in [0.25, 0.3) is 0 Å². The van der Waals surface area contributed by atoms with Crippen molar-refractivity contribution in [2.75, 3.05) is 7.11 Å². The summed E-state index contributed by atoms with van der Waals surface area (Å²) < 4.78 is 20.3. The van der Waals surface area contributed by atoms with Gasteiger partial charge in [0.15, 0.2) is 5.66 Å². The number of nitriles is 1. The molecule has 1 aliphatic heterocycles. The Kier molecular flexibility index (Phi) is 4.81. The second kappa shape index (κ2) is 6.88. The van der Waals surface area contributed by atoms with Crippen LogP contribution in [0.4, 0.5) is 4.39 Å². The lowest BCUT2D eigenvalue weighted by Gasteiger charge is -2.50. The Morgan fingerprint density at radius 3 is 2.50 bits per heavy atom. The van der Waals surface area contributed by atoms with E-state index < -0.39 is 11.3 Å². The number of aliphatic imine (C=N–C) groups is 2. The summed E-state index contributed by atoms with van der Waals surface area (Å²) >= 11 is 0. The van der Waals surface area contributed by atoms with Crippen LogP contribution in [0.3, 0.4) is 0 Å². The van der Waals surface area contributed by atoms with Gasteiger partial charge in [0.05, 0.1) is 23.4 Å². The molecule has 1 saturated carbocycles. The largest absolute Gasteiger partial charge is 0.382 e. The molecule has 2 aliphatic carbocycles. The van der Waals surface area contributed by atoms with Crippen LogP contribution in [0, 0.1) is 28.6 Å². The van der Waals surface area contributed by atoms with Crippen LogP contribution in [-0.2, 0) is 16.8 Å². The van der Waals surface area contributed by atoms with Crippen LogP contribution in [0.15, 0.2) is 28.2 Å². The van der Waals surface area contributed by atoms with Crippen molar-refractivity contribution in [3.05, 3.63) is 34.9 Å². The van der Waals surface area contributed by atoms with Crippen molar-refractivity contribution in [1.82, 2.24) is 0 Å². The van der Waals surface area contributed by atoms with Crippen molar-refractivity contribution in [2.45, 2.75) is 70.8 Å². The average molecular weight is 411 g/mol. The highest BCUT2D eigenvalue weighted by molar-refractivity contribution is 6.42. The summed E-state index contributed by atoms with van der Waals surface area (Å²) in [5.41, 5.74) is 6.99. The fourth-order valence-electron chi connectivity index (χ4n) is 6.30. The second-order valence-corrected chi connectivity index (χ2v) is 10.1. The zero-order chi connectivity index (χ0) is 21.9. The van der Waals surface area contributed by atoms with Crippen molar-refractivity contribution in [1.29, 1.82) is 5.26 Å². The lowest BCUT2D eigenvalue weighted by molar-refractivity contribution is -0.0730. The molecule has 0 saturated heterocycles. The topological polar surface area (TPSA) is 83.8 Å². The smallest absolute Gasteiger partial charge is 0.184 e. The highest BCUT2D eigenvalue weighted by Gasteiger charge is 2.63. The maximum atomic E-state index is 14.5. The molecule has 0 amide bonds. The first kappa shape index (κ1) is 21.0. The summed E-state index contributed by atoms with van der Waals surface area (Å²) in [5.74, 6) is 0.979. The molecule has 2 N–H and O–H groups in total. The van der Waals surface area contributed by atoms with Gasteiger partial charge in [0, 0.05) is 24.5 Å². The Hall–Kier alpha value is -2.26. The highest BCUT2D eigenvalue weighted by Crippen LogP contribution is 2.63. The molecule has 0 radical (unpaired) electrons. The summed E-state index contributed by atoms with van der Waals surface area (Å²) in [6.45, 7) is 7.52. The number of hydrogen-bond donors (Lipinski definition) is 1. The van der Waals surface area contributed by atoms with Crippen LogP contribution < -0.4 is 5.73 Å². The summed E-state index contributed by atoms with van der Waals surface area (Å²) in [7, 11) is 1.78. The van der Waals surface area contributed by atoms with Gasteiger partial charge in [-0.3, -0.25) is 4.99 Å². The van der Waals surface area contributed by atoms with E-state index in [4.69, 9.17) is 20.5 Å². The first-order valence-corrected chi connectivity index (χ1v) is 10.7. The van der Waals surface area contributed by atoms with E-state index >= 15 is 0 Å². The van der Waals surface area contributed by atoms with Crippen molar-refractivity contribution in [2.24, 2.45) is 33.0 Å². The average Bonchev–Trinajstić information content (AvgIpc) is 3.09. The van der Waals surface area contributed by atoms with E-state index in [9.17, 15) is 9.65 Å². The number of hydrogen-bond acceptors (Lipinski definition) is 5. The van der Waals surface area contributed by atoms with Gasteiger partial charge in [0.2, 0.25) is 0 Å². The Morgan fingerprint density at radius 1 is 1.27 bits per heavy atom. The third-order valence-corrected chi connectivity index (χ3v) is 7.16. The minimum Gasteiger partial charge on any atom is -0.382 e. The van der Waals surface area contributed by atoms with Gasteiger partial charge < -0.3 is 10.5 Å². The van der Waals surface area contributed by atoms with Crippen molar-refractivity contribution in [3.63, 3.8) is 0 Å². The molecular weight excluding hydrogens is 379 g/mol. The second-order valence-electron chi connectivity index (χ2n) is 10.1. The van der Waals surface area contributed by atoms with Gasteiger partial charge in [-0.2, -0.15) is 5.26 Å². The van der Waals surface area contributed by atoms with Crippen LogP contribution in [0.2, 0.25) is 0 Å². The molecule has 0 bridgehead atoms. The molecule has 6 heteroatoms. The van der Waals surface area contributed by atoms with E-state index in [1.54, 1.807) is 7.11 Å². The van der Waals surface area contributed by atoms with E-state index in [2.05, 4.69) is 19.9 Å². The predicted molar refractivity (Wildman–Crippen MR) is 116 cm³/mol. The zero-order valence-electron chi connectivity index (χ0n) is 18.5. The zero-order valence-corrected chi connectivity index (χ0v) is 18.5.